The Morgan fingerprint density at radius 1 is 1.04 bits per heavy atom. The summed E-state index contributed by atoms with van der Waals surface area (Å²) in [6.07, 6.45) is 0.942. The van der Waals surface area contributed by atoms with Crippen molar-refractivity contribution in [3.63, 3.8) is 0 Å². The number of anilines is 2. The molecule has 0 atom stereocenters. The third-order valence-electron chi connectivity index (χ3n) is 4.34. The minimum atomic E-state index is -0.0833. The molecule has 0 saturated carbocycles. The first-order valence-electron chi connectivity index (χ1n) is 8.73. The first-order chi connectivity index (χ1) is 12.6. The van der Waals surface area contributed by atoms with Crippen LogP contribution >= 0.6 is 11.3 Å². The van der Waals surface area contributed by atoms with Crippen molar-refractivity contribution in [2.45, 2.75) is 33.7 Å². The smallest absolute Gasteiger partial charge is 0.263 e. The fourth-order valence-corrected chi connectivity index (χ4v) is 3.69. The highest BCUT2D eigenvalue weighted by Gasteiger charge is 2.16. The third kappa shape index (κ3) is 4.11. The number of carbonyl (C=O) groups is 1. The molecule has 3 rings (SSSR count). The van der Waals surface area contributed by atoms with E-state index in [1.165, 1.54) is 22.5 Å². The first-order valence-corrected chi connectivity index (χ1v) is 9.55. The lowest BCUT2D eigenvalue weighted by molar-refractivity contribution is 0.0954. The van der Waals surface area contributed by atoms with Gasteiger partial charge in [0.2, 0.25) is 0 Å². The van der Waals surface area contributed by atoms with Crippen molar-refractivity contribution in [3.8, 4) is 0 Å². The van der Waals surface area contributed by atoms with Crippen LogP contribution in [0.3, 0.4) is 0 Å². The van der Waals surface area contributed by atoms with Crippen molar-refractivity contribution >= 4 is 28.1 Å². The monoisotopic (exact) mass is 365 g/mol. The quantitative estimate of drug-likeness (QED) is 0.646. The second kappa shape index (κ2) is 8.15. The number of nitrogens with zero attached hydrogens (tertiary/aromatic N) is 1. The molecule has 1 amide bonds. The molecule has 0 aliphatic heterocycles. The van der Waals surface area contributed by atoms with Crippen LogP contribution in [0.25, 0.3) is 0 Å². The molecule has 2 N–H and O–H groups in total. The first kappa shape index (κ1) is 18.1. The summed E-state index contributed by atoms with van der Waals surface area (Å²) in [5.74, 6) is -0.0833. The Balaban J connectivity index is 1.71. The lowest BCUT2D eigenvalue weighted by atomic mass is 10.1. The Labute approximate surface area is 158 Å². The van der Waals surface area contributed by atoms with E-state index in [4.69, 9.17) is 0 Å². The Morgan fingerprint density at radius 2 is 1.73 bits per heavy atom. The predicted octanol–water partition coefficient (Wildman–Crippen LogP) is 5.00. The largest absolute Gasteiger partial charge is 0.347 e. The van der Waals surface area contributed by atoms with Crippen LogP contribution in [0, 0.1) is 13.8 Å². The zero-order chi connectivity index (χ0) is 18.5. The number of hydrogen-bond acceptors (Lipinski definition) is 4. The molecule has 0 bridgehead atoms. The summed E-state index contributed by atoms with van der Waals surface area (Å²) in [6, 6.07) is 16.2. The fourth-order valence-electron chi connectivity index (χ4n) is 2.79. The topological polar surface area (TPSA) is 54.0 Å². The maximum atomic E-state index is 12.6. The lowest BCUT2D eigenvalue weighted by Gasteiger charge is -2.08. The summed E-state index contributed by atoms with van der Waals surface area (Å²) in [5.41, 5.74) is 5.31. The van der Waals surface area contributed by atoms with Crippen LogP contribution in [0.15, 0.2) is 48.5 Å². The number of carbonyl (C=O) groups excluding carboxylic acids is 1. The molecule has 5 heteroatoms. The van der Waals surface area contributed by atoms with E-state index in [9.17, 15) is 4.79 Å². The second-order valence-corrected chi connectivity index (χ2v) is 7.18. The highest BCUT2D eigenvalue weighted by atomic mass is 32.1. The van der Waals surface area contributed by atoms with Gasteiger partial charge < -0.3 is 10.6 Å². The minimum absolute atomic E-state index is 0.0833. The van der Waals surface area contributed by atoms with Gasteiger partial charge in [-0.2, -0.15) is 0 Å². The van der Waals surface area contributed by atoms with Gasteiger partial charge in [0.15, 0.2) is 5.13 Å². The zero-order valence-corrected chi connectivity index (χ0v) is 16.1. The number of rotatable bonds is 6. The van der Waals surface area contributed by atoms with E-state index in [1.54, 1.807) is 0 Å². The van der Waals surface area contributed by atoms with Crippen LogP contribution in [0.5, 0.6) is 0 Å². The number of nitrogens with one attached hydrogen (secondary N) is 2. The maximum Gasteiger partial charge on any atom is 0.263 e. The standard InChI is InChI=1S/C21H23N3OS/c1-4-16-10-7-8-12-18(16)24-21-23-15(3)19(26-21)20(25)22-13-17-11-6-5-9-14(17)2/h5-12H,4,13H2,1-3H3,(H,22,25)(H,23,24). The van der Waals surface area contributed by atoms with Gasteiger partial charge in [0.05, 0.1) is 5.69 Å². The van der Waals surface area contributed by atoms with Crippen LogP contribution in [-0.4, -0.2) is 10.9 Å². The molecule has 26 heavy (non-hydrogen) atoms. The van der Waals surface area contributed by atoms with Gasteiger partial charge >= 0.3 is 0 Å². The maximum absolute atomic E-state index is 12.6. The van der Waals surface area contributed by atoms with Crippen molar-refractivity contribution in [2.24, 2.45) is 0 Å². The number of hydrogen-bond donors (Lipinski definition) is 2. The summed E-state index contributed by atoms with van der Waals surface area (Å²) >= 11 is 1.39. The summed E-state index contributed by atoms with van der Waals surface area (Å²) in [6.45, 7) is 6.56. The van der Waals surface area contributed by atoms with Crippen molar-refractivity contribution in [1.29, 1.82) is 0 Å². The summed E-state index contributed by atoms with van der Waals surface area (Å²) in [5, 5.41) is 7.09. The predicted molar refractivity (Wildman–Crippen MR) is 108 cm³/mol. The average molecular weight is 366 g/mol. The van der Waals surface area contributed by atoms with Crippen molar-refractivity contribution in [1.82, 2.24) is 10.3 Å². The number of benzene rings is 2. The van der Waals surface area contributed by atoms with Gasteiger partial charge in [-0.05, 0) is 43.0 Å². The molecule has 2 aromatic carbocycles. The SMILES string of the molecule is CCc1ccccc1Nc1nc(C)c(C(=O)NCc2ccccc2C)s1. The second-order valence-electron chi connectivity index (χ2n) is 6.18. The molecular weight excluding hydrogens is 342 g/mol. The van der Waals surface area contributed by atoms with E-state index in [1.807, 2.05) is 56.3 Å². The van der Waals surface area contributed by atoms with Crippen molar-refractivity contribution in [2.75, 3.05) is 5.32 Å². The lowest BCUT2D eigenvalue weighted by Crippen LogP contribution is -2.22. The molecule has 1 heterocycles. The number of amides is 1. The number of para-hydroxylation sites is 1. The zero-order valence-electron chi connectivity index (χ0n) is 15.3. The van der Waals surface area contributed by atoms with Crippen LogP contribution in [0.4, 0.5) is 10.8 Å². The van der Waals surface area contributed by atoms with Crippen LogP contribution in [-0.2, 0) is 13.0 Å². The number of aryl methyl sites for hydroxylation is 3. The van der Waals surface area contributed by atoms with E-state index >= 15 is 0 Å². The van der Waals surface area contributed by atoms with Crippen LogP contribution < -0.4 is 10.6 Å². The molecule has 0 aliphatic carbocycles. The minimum Gasteiger partial charge on any atom is -0.347 e. The van der Waals surface area contributed by atoms with Crippen LogP contribution in [0.1, 0.15) is 39.0 Å². The summed E-state index contributed by atoms with van der Waals surface area (Å²) in [7, 11) is 0. The van der Waals surface area contributed by atoms with Gasteiger partial charge in [-0.3, -0.25) is 4.79 Å². The van der Waals surface area contributed by atoms with Crippen molar-refractivity contribution < 1.29 is 4.79 Å². The van der Waals surface area contributed by atoms with Gasteiger partial charge in [-0.1, -0.05) is 60.7 Å². The Bertz CT molecular complexity index is 917. The molecule has 0 unspecified atom stereocenters. The van der Waals surface area contributed by atoms with E-state index < -0.39 is 0 Å². The molecule has 0 aliphatic rings. The van der Waals surface area contributed by atoms with E-state index in [-0.39, 0.29) is 5.91 Å². The van der Waals surface area contributed by atoms with Gasteiger partial charge in [0.25, 0.3) is 5.91 Å². The number of thiazole rings is 1. The van der Waals surface area contributed by atoms with Crippen molar-refractivity contribution in [3.05, 3.63) is 75.8 Å². The molecule has 1 aromatic heterocycles. The molecule has 0 spiro atoms. The molecule has 134 valence electrons. The highest BCUT2D eigenvalue weighted by Crippen LogP contribution is 2.27. The molecule has 0 radical (unpaired) electrons. The van der Waals surface area contributed by atoms with Gasteiger partial charge in [0, 0.05) is 12.2 Å². The fraction of sp³-hybridized carbons (Fsp3) is 0.238. The van der Waals surface area contributed by atoms with E-state index in [2.05, 4.69) is 28.6 Å². The molecule has 4 nitrogen and oxygen atoms in total. The Hall–Kier alpha value is -2.66. The van der Waals surface area contributed by atoms with E-state index in [0.717, 1.165) is 28.5 Å². The van der Waals surface area contributed by atoms with Crippen LogP contribution in [0.2, 0.25) is 0 Å². The summed E-state index contributed by atoms with van der Waals surface area (Å²) in [4.78, 5) is 17.7. The highest BCUT2D eigenvalue weighted by molar-refractivity contribution is 7.17. The average Bonchev–Trinajstić information content (AvgIpc) is 3.01. The van der Waals surface area contributed by atoms with Gasteiger partial charge in [-0.15, -0.1) is 0 Å². The number of aromatic nitrogens is 1. The van der Waals surface area contributed by atoms with Gasteiger partial charge in [0.1, 0.15) is 4.88 Å². The molecule has 0 saturated heterocycles. The molecule has 0 fully saturated rings. The summed E-state index contributed by atoms with van der Waals surface area (Å²) < 4.78 is 0. The van der Waals surface area contributed by atoms with Gasteiger partial charge in [-0.25, -0.2) is 4.98 Å². The Morgan fingerprint density at radius 3 is 2.46 bits per heavy atom. The van der Waals surface area contributed by atoms with E-state index in [0.29, 0.717) is 11.4 Å². The normalized spacial score (nSPS) is 10.6. The Kier molecular flexibility index (Phi) is 5.68. The molecule has 3 aromatic rings. The molecular formula is C21H23N3OS. The third-order valence-corrected chi connectivity index (χ3v) is 5.41.